The van der Waals surface area contributed by atoms with Crippen molar-refractivity contribution in [1.29, 1.82) is 0 Å². The van der Waals surface area contributed by atoms with E-state index in [0.717, 1.165) is 28.6 Å². The zero-order valence-corrected chi connectivity index (χ0v) is 14.6. The van der Waals surface area contributed by atoms with Crippen molar-refractivity contribution in [2.45, 2.75) is 32.0 Å². The second-order valence-electron chi connectivity index (χ2n) is 7.11. The lowest BCUT2D eigenvalue weighted by molar-refractivity contribution is -0.136. The normalized spacial score (nSPS) is 26.3. The summed E-state index contributed by atoms with van der Waals surface area (Å²) in [4.78, 5) is 19.2. The maximum atomic E-state index is 12.9. The van der Waals surface area contributed by atoms with Gasteiger partial charge in [0.15, 0.2) is 0 Å². The largest absolute Gasteiger partial charge is 0.378 e. The van der Waals surface area contributed by atoms with Crippen LogP contribution in [0, 0.1) is 6.92 Å². The van der Waals surface area contributed by atoms with Gasteiger partial charge in [0.2, 0.25) is 0 Å². The third kappa shape index (κ3) is 3.19. The monoisotopic (exact) mass is 341 g/mol. The van der Waals surface area contributed by atoms with Crippen LogP contribution < -0.4 is 5.32 Å². The summed E-state index contributed by atoms with van der Waals surface area (Å²) in [5.41, 5.74) is 2.28. The summed E-state index contributed by atoms with van der Waals surface area (Å²) < 4.78 is 11.6. The minimum Gasteiger partial charge on any atom is -0.378 e. The van der Waals surface area contributed by atoms with Gasteiger partial charge >= 0.3 is 6.03 Å². The zero-order valence-electron chi connectivity index (χ0n) is 14.6. The number of hydrogen-bond acceptors (Lipinski definition) is 4. The Labute approximate surface area is 147 Å². The third-order valence-electron chi connectivity index (χ3n) is 4.85. The molecule has 6 nitrogen and oxygen atoms in total. The van der Waals surface area contributed by atoms with Crippen LogP contribution in [0.4, 0.5) is 10.5 Å². The summed E-state index contributed by atoms with van der Waals surface area (Å²) >= 11 is 0. The van der Waals surface area contributed by atoms with E-state index in [0.29, 0.717) is 26.3 Å². The second kappa shape index (κ2) is 6.28. The maximum Gasteiger partial charge on any atom is 0.322 e. The number of aryl methyl sites for hydroxylation is 1. The number of rotatable bonds is 1. The first kappa shape index (κ1) is 16.3. The van der Waals surface area contributed by atoms with Gasteiger partial charge in [-0.2, -0.15) is 0 Å². The fraction of sp³-hybridized carbons (Fsp3) is 0.474. The number of fused-ring (bicyclic) bond motifs is 1. The molecule has 2 aliphatic rings. The van der Waals surface area contributed by atoms with Crippen LogP contribution >= 0.6 is 0 Å². The maximum absolute atomic E-state index is 12.9. The molecule has 1 spiro atoms. The first-order chi connectivity index (χ1) is 12.0. The highest BCUT2D eigenvalue weighted by Gasteiger charge is 2.44. The molecule has 1 aromatic heterocycles. The van der Waals surface area contributed by atoms with Gasteiger partial charge < -0.3 is 19.7 Å². The van der Waals surface area contributed by atoms with Crippen LogP contribution in [0.15, 0.2) is 30.5 Å². The molecule has 3 heterocycles. The van der Waals surface area contributed by atoms with Gasteiger partial charge in [-0.1, -0.05) is 6.07 Å². The van der Waals surface area contributed by atoms with E-state index in [2.05, 4.69) is 16.4 Å². The molecule has 2 saturated heterocycles. The van der Waals surface area contributed by atoms with E-state index in [-0.39, 0.29) is 17.7 Å². The van der Waals surface area contributed by atoms with Crippen LogP contribution in [0.2, 0.25) is 0 Å². The molecule has 0 aliphatic carbocycles. The number of benzene rings is 1. The van der Waals surface area contributed by atoms with E-state index >= 15 is 0 Å². The number of ether oxygens (including phenoxy) is 2. The van der Waals surface area contributed by atoms with Gasteiger partial charge in [0.1, 0.15) is 5.60 Å². The van der Waals surface area contributed by atoms with Gasteiger partial charge in [-0.15, -0.1) is 0 Å². The van der Waals surface area contributed by atoms with Crippen molar-refractivity contribution in [1.82, 2.24) is 9.88 Å². The second-order valence-corrected chi connectivity index (χ2v) is 7.11. The molecule has 132 valence electrons. The number of nitrogens with one attached hydrogen (secondary N) is 1. The topological polar surface area (TPSA) is 63.7 Å². The van der Waals surface area contributed by atoms with Gasteiger partial charge in [0.05, 0.1) is 30.5 Å². The van der Waals surface area contributed by atoms with Crippen LogP contribution in [0.3, 0.4) is 0 Å². The summed E-state index contributed by atoms with van der Waals surface area (Å²) in [5.74, 6) is 0. The van der Waals surface area contributed by atoms with Gasteiger partial charge in [0, 0.05) is 31.2 Å². The number of anilines is 1. The first-order valence-corrected chi connectivity index (χ1v) is 8.72. The van der Waals surface area contributed by atoms with E-state index in [1.807, 2.05) is 36.9 Å². The van der Waals surface area contributed by atoms with Crippen molar-refractivity contribution in [3.05, 3.63) is 36.0 Å². The van der Waals surface area contributed by atoms with Crippen molar-refractivity contribution in [2.24, 2.45) is 0 Å². The highest BCUT2D eigenvalue weighted by atomic mass is 16.6. The molecule has 2 aliphatic heterocycles. The van der Waals surface area contributed by atoms with Crippen LogP contribution in [0.1, 0.15) is 18.9 Å². The molecule has 2 atom stereocenters. The Morgan fingerprint density at radius 2 is 2.32 bits per heavy atom. The molecule has 2 fully saturated rings. The summed E-state index contributed by atoms with van der Waals surface area (Å²) in [6.07, 6.45) is 2.57. The lowest BCUT2D eigenvalue weighted by Crippen LogP contribution is -2.57. The van der Waals surface area contributed by atoms with Gasteiger partial charge in [-0.3, -0.25) is 4.98 Å². The fourth-order valence-corrected chi connectivity index (χ4v) is 3.82. The van der Waals surface area contributed by atoms with Crippen LogP contribution in [-0.2, 0) is 9.47 Å². The lowest BCUT2D eigenvalue weighted by Gasteiger charge is -2.42. The summed E-state index contributed by atoms with van der Waals surface area (Å²) in [6.45, 7) is 6.39. The predicted molar refractivity (Wildman–Crippen MR) is 95.8 cm³/mol. The summed E-state index contributed by atoms with van der Waals surface area (Å²) in [5, 5.41) is 4.07. The Balaban J connectivity index is 1.58. The van der Waals surface area contributed by atoms with Gasteiger partial charge in [0.25, 0.3) is 0 Å². The molecule has 1 aromatic carbocycles. The van der Waals surface area contributed by atoms with Crippen LogP contribution in [-0.4, -0.2) is 53.9 Å². The highest BCUT2D eigenvalue weighted by molar-refractivity contribution is 6.00. The van der Waals surface area contributed by atoms with Crippen LogP contribution in [0.5, 0.6) is 0 Å². The number of pyridine rings is 1. The SMILES string of the molecule is Cc1cc(NC(=O)N2C[C@@H](C)O[C@]3(CCOC3)C2)c2ncccc2c1. The van der Waals surface area contributed by atoms with Crippen LogP contribution in [0.25, 0.3) is 10.9 Å². The molecule has 2 aromatic rings. The Bertz CT molecular complexity index is 802. The van der Waals surface area contributed by atoms with Gasteiger partial charge in [-0.05, 0) is 37.6 Å². The van der Waals surface area contributed by atoms with Crippen molar-refractivity contribution in [3.8, 4) is 0 Å². The van der Waals surface area contributed by atoms with E-state index in [9.17, 15) is 4.79 Å². The van der Waals surface area contributed by atoms with Crippen molar-refractivity contribution in [2.75, 3.05) is 31.6 Å². The molecule has 25 heavy (non-hydrogen) atoms. The van der Waals surface area contributed by atoms with E-state index in [1.54, 1.807) is 6.20 Å². The average molecular weight is 341 g/mol. The van der Waals surface area contributed by atoms with Crippen molar-refractivity contribution >= 4 is 22.6 Å². The molecule has 0 radical (unpaired) electrons. The molecule has 2 amide bonds. The molecule has 0 bridgehead atoms. The highest BCUT2D eigenvalue weighted by Crippen LogP contribution is 2.31. The summed E-state index contributed by atoms with van der Waals surface area (Å²) in [7, 11) is 0. The standard InChI is InChI=1S/C19H23N3O3/c1-13-8-15-4-3-6-20-17(15)16(9-13)21-18(23)22-10-14(2)25-19(11-22)5-7-24-12-19/h3-4,6,8-9,14H,5,7,10-12H2,1-2H3,(H,21,23)/t14-,19-/m1/s1. The average Bonchev–Trinajstić information content (AvgIpc) is 3.01. The number of morpholine rings is 1. The molecule has 0 saturated carbocycles. The Morgan fingerprint density at radius 3 is 3.12 bits per heavy atom. The first-order valence-electron chi connectivity index (χ1n) is 8.72. The number of aromatic nitrogens is 1. The third-order valence-corrected chi connectivity index (χ3v) is 4.85. The Hall–Kier alpha value is -2.18. The number of nitrogens with zero attached hydrogens (tertiary/aromatic N) is 2. The quantitative estimate of drug-likeness (QED) is 0.866. The van der Waals surface area contributed by atoms with Crippen molar-refractivity contribution < 1.29 is 14.3 Å². The Kier molecular flexibility index (Phi) is 4.09. The lowest BCUT2D eigenvalue weighted by atomic mass is 9.99. The van der Waals surface area contributed by atoms with E-state index < -0.39 is 0 Å². The molecule has 0 unspecified atom stereocenters. The van der Waals surface area contributed by atoms with E-state index in [4.69, 9.17) is 9.47 Å². The minimum absolute atomic E-state index is 0.00595. The Morgan fingerprint density at radius 1 is 1.44 bits per heavy atom. The number of hydrogen-bond donors (Lipinski definition) is 1. The summed E-state index contributed by atoms with van der Waals surface area (Å²) in [6, 6.07) is 7.83. The number of carbonyl (C=O) groups is 1. The van der Waals surface area contributed by atoms with E-state index in [1.165, 1.54) is 0 Å². The zero-order chi connectivity index (χ0) is 17.4. The fourth-order valence-electron chi connectivity index (χ4n) is 3.82. The number of urea groups is 1. The molecule has 4 rings (SSSR count). The number of amides is 2. The number of carbonyl (C=O) groups excluding carboxylic acids is 1. The predicted octanol–water partition coefficient (Wildman–Crippen LogP) is 2.95. The molecule has 6 heteroatoms. The minimum atomic E-state index is -0.359. The molecule has 1 N–H and O–H groups in total. The van der Waals surface area contributed by atoms with Gasteiger partial charge in [-0.25, -0.2) is 4.79 Å². The molecular formula is C19H23N3O3. The smallest absolute Gasteiger partial charge is 0.322 e. The van der Waals surface area contributed by atoms with Crippen molar-refractivity contribution in [3.63, 3.8) is 0 Å². The molecular weight excluding hydrogens is 318 g/mol.